The molecule has 6 heavy (non-hydrogen) atoms. The highest BCUT2D eigenvalue weighted by Crippen LogP contribution is 1.86. The van der Waals surface area contributed by atoms with Crippen molar-refractivity contribution in [2.45, 2.75) is 6.42 Å². The van der Waals surface area contributed by atoms with Crippen LogP contribution in [-0.4, -0.2) is 5.91 Å². The van der Waals surface area contributed by atoms with Crippen LogP contribution in [0.3, 0.4) is 0 Å². The predicted octanol–water partition coefficient (Wildman–Crippen LogP) is -0.177. The molecule has 0 aromatic carbocycles. The van der Waals surface area contributed by atoms with Crippen molar-refractivity contribution in [2.75, 3.05) is 0 Å². The fourth-order valence-corrected chi connectivity index (χ4v) is 0.326. The third-order valence-electron chi connectivity index (χ3n) is 0.598. The largest absolute Gasteiger partial charge is 0.470 e. The zero-order valence-electron chi connectivity index (χ0n) is 3.19. The Morgan fingerprint density at radius 1 is 2.00 bits per heavy atom. The maximum absolute atomic E-state index is 10.0. The lowest BCUT2D eigenvalue weighted by Crippen LogP contribution is -2.08. The van der Waals surface area contributed by atoms with E-state index in [-0.39, 0.29) is 5.91 Å². The molecule has 0 fully saturated rings. The van der Waals surface area contributed by atoms with Gasteiger partial charge in [0.05, 0.1) is 0 Å². The second kappa shape index (κ2) is 1.12. The molecule has 1 amide bonds. The summed E-state index contributed by atoms with van der Waals surface area (Å²) in [5.41, 5.74) is 0. The molecule has 0 saturated heterocycles. The molecular formula is C4H4NO-. The minimum absolute atomic E-state index is 0.0370. The highest BCUT2D eigenvalue weighted by Gasteiger charge is 1.86. The van der Waals surface area contributed by atoms with Crippen LogP contribution in [0.5, 0.6) is 0 Å². The smallest absolute Gasteiger partial charge is 0.192 e. The Labute approximate surface area is 35.9 Å². The fourth-order valence-electron chi connectivity index (χ4n) is 0.326. The van der Waals surface area contributed by atoms with Gasteiger partial charge in [0.1, 0.15) is 0 Å². The molecule has 2 heteroatoms. The Kier molecular flexibility index (Phi) is 0.638. The summed E-state index contributed by atoms with van der Waals surface area (Å²) in [5, 5.41) is 2.44. The standard InChI is InChI=1S/C4H4NO/c6-4-2-1-3-5-4/h3H,2H2,(H,5,6)/q-1. The molecule has 0 aromatic heterocycles. The molecule has 1 aliphatic heterocycles. The summed E-state index contributed by atoms with van der Waals surface area (Å²) in [4.78, 5) is 10.0. The van der Waals surface area contributed by atoms with Crippen molar-refractivity contribution >= 4 is 5.91 Å². The van der Waals surface area contributed by atoms with Crippen molar-refractivity contribution in [1.29, 1.82) is 0 Å². The molecule has 0 unspecified atom stereocenters. The number of carbonyl (C=O) groups is 1. The predicted molar refractivity (Wildman–Crippen MR) is 20.6 cm³/mol. The minimum atomic E-state index is 0.0370. The van der Waals surface area contributed by atoms with Crippen molar-refractivity contribution < 1.29 is 4.79 Å². The van der Waals surface area contributed by atoms with Crippen LogP contribution < -0.4 is 5.32 Å². The van der Waals surface area contributed by atoms with E-state index in [1.165, 1.54) is 6.20 Å². The van der Waals surface area contributed by atoms with Crippen molar-refractivity contribution in [1.82, 2.24) is 5.32 Å². The number of hydrogen-bond acceptors (Lipinski definition) is 1. The average molecular weight is 82.1 g/mol. The second-order valence-corrected chi connectivity index (χ2v) is 1.09. The summed E-state index contributed by atoms with van der Waals surface area (Å²) in [5.74, 6) is 0.0370. The molecule has 32 valence electrons. The van der Waals surface area contributed by atoms with E-state index in [1.54, 1.807) is 0 Å². The summed E-state index contributed by atoms with van der Waals surface area (Å²) in [6, 6.07) is 0. The zero-order valence-corrected chi connectivity index (χ0v) is 3.19. The quantitative estimate of drug-likeness (QED) is 0.404. The molecule has 0 bridgehead atoms. The number of amides is 1. The van der Waals surface area contributed by atoms with Gasteiger partial charge in [0.15, 0.2) is 5.91 Å². The first-order valence-corrected chi connectivity index (χ1v) is 1.74. The molecule has 1 rings (SSSR count). The van der Waals surface area contributed by atoms with Crippen LogP contribution in [0.1, 0.15) is 6.42 Å². The van der Waals surface area contributed by atoms with E-state index in [9.17, 15) is 4.79 Å². The summed E-state index contributed by atoms with van der Waals surface area (Å²) in [7, 11) is 0. The Morgan fingerprint density at radius 2 is 2.83 bits per heavy atom. The normalized spacial score (nSPS) is 18.3. The lowest BCUT2D eigenvalue weighted by Gasteiger charge is -1.85. The van der Waals surface area contributed by atoms with E-state index in [2.05, 4.69) is 11.4 Å². The van der Waals surface area contributed by atoms with E-state index >= 15 is 0 Å². The zero-order chi connectivity index (χ0) is 4.41. The first kappa shape index (κ1) is 3.40. The van der Waals surface area contributed by atoms with Crippen LogP contribution >= 0.6 is 0 Å². The van der Waals surface area contributed by atoms with Gasteiger partial charge in [-0.1, -0.05) is 0 Å². The second-order valence-electron chi connectivity index (χ2n) is 1.09. The van der Waals surface area contributed by atoms with E-state index in [0.29, 0.717) is 6.42 Å². The van der Waals surface area contributed by atoms with Crippen LogP contribution in [0.4, 0.5) is 0 Å². The van der Waals surface area contributed by atoms with Gasteiger partial charge < -0.3 is 11.4 Å². The highest BCUT2D eigenvalue weighted by molar-refractivity contribution is 5.79. The lowest BCUT2D eigenvalue weighted by atomic mass is 10.5. The summed E-state index contributed by atoms with van der Waals surface area (Å²) in [6.07, 6.45) is 4.65. The molecule has 0 radical (unpaired) electrons. The molecule has 1 aliphatic rings. The number of hydrogen-bond donors (Lipinski definition) is 1. The molecule has 0 spiro atoms. The fraction of sp³-hybridized carbons (Fsp3) is 0.250. The van der Waals surface area contributed by atoms with E-state index < -0.39 is 0 Å². The Bertz CT molecular complexity index is 85.7. The topological polar surface area (TPSA) is 29.1 Å². The van der Waals surface area contributed by atoms with Gasteiger partial charge in [-0.2, -0.15) is 6.20 Å². The van der Waals surface area contributed by atoms with Gasteiger partial charge in [-0.05, 0) is 0 Å². The van der Waals surface area contributed by atoms with Crippen LogP contribution in [0.2, 0.25) is 0 Å². The molecule has 1 N–H and O–H groups in total. The van der Waals surface area contributed by atoms with Crippen LogP contribution in [0, 0.1) is 6.08 Å². The van der Waals surface area contributed by atoms with E-state index in [0.717, 1.165) is 0 Å². The first-order chi connectivity index (χ1) is 2.89. The van der Waals surface area contributed by atoms with Gasteiger partial charge in [0.2, 0.25) is 0 Å². The van der Waals surface area contributed by atoms with E-state index in [4.69, 9.17) is 0 Å². The van der Waals surface area contributed by atoms with E-state index in [1.807, 2.05) is 0 Å². The molecule has 0 saturated carbocycles. The van der Waals surface area contributed by atoms with Gasteiger partial charge in [0.25, 0.3) is 0 Å². The average Bonchev–Trinajstić information content (AvgIpc) is 1.86. The Balaban J connectivity index is 2.52. The van der Waals surface area contributed by atoms with Crippen molar-refractivity contribution in [3.05, 3.63) is 12.3 Å². The number of rotatable bonds is 0. The number of carbonyl (C=O) groups excluding carboxylic acids is 1. The maximum atomic E-state index is 10.0. The summed E-state index contributed by atoms with van der Waals surface area (Å²) in [6.45, 7) is 0. The van der Waals surface area contributed by atoms with Crippen LogP contribution in [-0.2, 0) is 4.79 Å². The van der Waals surface area contributed by atoms with Crippen LogP contribution in [0.25, 0.3) is 0 Å². The summed E-state index contributed by atoms with van der Waals surface area (Å²) >= 11 is 0. The number of nitrogens with one attached hydrogen (secondary N) is 1. The molecule has 0 atom stereocenters. The third-order valence-corrected chi connectivity index (χ3v) is 0.598. The van der Waals surface area contributed by atoms with Gasteiger partial charge in [-0.15, -0.1) is 6.42 Å². The molecular weight excluding hydrogens is 78.0 g/mol. The molecule has 2 nitrogen and oxygen atoms in total. The third kappa shape index (κ3) is 0.407. The Morgan fingerprint density at radius 3 is 3.00 bits per heavy atom. The molecule has 0 aromatic rings. The molecule has 1 heterocycles. The van der Waals surface area contributed by atoms with Gasteiger partial charge in [-0.25, -0.2) is 0 Å². The van der Waals surface area contributed by atoms with Crippen molar-refractivity contribution in [3.8, 4) is 0 Å². The maximum Gasteiger partial charge on any atom is 0.192 e. The van der Waals surface area contributed by atoms with Gasteiger partial charge in [0, 0.05) is 0 Å². The molecule has 0 aliphatic carbocycles. The monoisotopic (exact) mass is 82.0 g/mol. The SMILES string of the molecule is O=C1C[C-]=CN1. The lowest BCUT2D eigenvalue weighted by molar-refractivity contribution is -0.118. The van der Waals surface area contributed by atoms with Gasteiger partial charge in [-0.3, -0.25) is 4.79 Å². The van der Waals surface area contributed by atoms with Gasteiger partial charge >= 0.3 is 0 Å². The first-order valence-electron chi connectivity index (χ1n) is 1.74. The minimum Gasteiger partial charge on any atom is -0.470 e. The van der Waals surface area contributed by atoms with Crippen molar-refractivity contribution in [2.24, 2.45) is 0 Å². The Hall–Kier alpha value is -0.790. The highest BCUT2D eigenvalue weighted by atomic mass is 16.1. The summed E-state index contributed by atoms with van der Waals surface area (Å²) < 4.78 is 0. The van der Waals surface area contributed by atoms with Crippen molar-refractivity contribution in [3.63, 3.8) is 0 Å². The van der Waals surface area contributed by atoms with Crippen LogP contribution in [0.15, 0.2) is 6.20 Å².